The van der Waals surface area contributed by atoms with Crippen molar-refractivity contribution in [2.45, 2.75) is 12.7 Å². The third-order valence-electron chi connectivity index (χ3n) is 2.98. The van der Waals surface area contributed by atoms with Crippen LogP contribution in [0.2, 0.25) is 5.02 Å². The number of nitrogens with one attached hydrogen (secondary N) is 1. The normalized spacial score (nSPS) is 10.8. The SMILES string of the molecule is CCOc1ccc(/C=N\NC(=O)CSCc2cccc(Cl)c2)cc1. The molecule has 1 N–H and O–H groups in total. The van der Waals surface area contributed by atoms with E-state index < -0.39 is 0 Å². The minimum absolute atomic E-state index is 0.135. The first-order valence-electron chi connectivity index (χ1n) is 7.54. The lowest BCUT2D eigenvalue weighted by Gasteiger charge is -2.03. The molecule has 2 aromatic rings. The Labute approximate surface area is 151 Å². The fourth-order valence-corrected chi connectivity index (χ4v) is 2.90. The summed E-state index contributed by atoms with van der Waals surface area (Å²) in [4.78, 5) is 11.7. The molecule has 0 saturated heterocycles. The number of halogens is 1. The number of hydrazone groups is 1. The summed E-state index contributed by atoms with van der Waals surface area (Å²) in [6, 6.07) is 15.1. The van der Waals surface area contributed by atoms with E-state index in [9.17, 15) is 4.79 Å². The Balaban J connectivity index is 1.70. The number of carbonyl (C=O) groups excluding carboxylic acids is 1. The van der Waals surface area contributed by atoms with Gasteiger partial charge in [0, 0.05) is 10.8 Å². The molecule has 2 aromatic carbocycles. The molecule has 2 rings (SSSR count). The number of benzene rings is 2. The van der Waals surface area contributed by atoms with Gasteiger partial charge in [-0.2, -0.15) is 5.10 Å². The van der Waals surface area contributed by atoms with Gasteiger partial charge >= 0.3 is 0 Å². The fraction of sp³-hybridized carbons (Fsp3) is 0.222. The highest BCUT2D eigenvalue weighted by atomic mass is 35.5. The molecule has 4 nitrogen and oxygen atoms in total. The first-order chi connectivity index (χ1) is 11.7. The van der Waals surface area contributed by atoms with Crippen LogP contribution in [0, 0.1) is 0 Å². The molecule has 0 aliphatic carbocycles. The van der Waals surface area contributed by atoms with Crippen LogP contribution in [0.4, 0.5) is 0 Å². The smallest absolute Gasteiger partial charge is 0.250 e. The zero-order valence-corrected chi connectivity index (χ0v) is 14.9. The van der Waals surface area contributed by atoms with Gasteiger partial charge in [-0.3, -0.25) is 4.79 Å². The minimum atomic E-state index is -0.135. The van der Waals surface area contributed by atoms with E-state index >= 15 is 0 Å². The first-order valence-corrected chi connectivity index (χ1v) is 9.07. The number of ether oxygens (including phenoxy) is 1. The van der Waals surface area contributed by atoms with Crippen molar-refractivity contribution in [3.8, 4) is 5.75 Å². The second kappa shape index (κ2) is 10.0. The van der Waals surface area contributed by atoms with Gasteiger partial charge in [-0.05, 0) is 54.4 Å². The fourth-order valence-electron chi connectivity index (χ4n) is 1.92. The number of nitrogens with zero attached hydrogens (tertiary/aromatic N) is 1. The summed E-state index contributed by atoms with van der Waals surface area (Å²) >= 11 is 7.44. The molecule has 0 aromatic heterocycles. The highest BCUT2D eigenvalue weighted by Gasteiger charge is 2.01. The van der Waals surface area contributed by atoms with Gasteiger partial charge in [0.15, 0.2) is 0 Å². The number of rotatable bonds is 8. The van der Waals surface area contributed by atoms with E-state index in [4.69, 9.17) is 16.3 Å². The van der Waals surface area contributed by atoms with Gasteiger partial charge in [-0.25, -0.2) is 5.43 Å². The molecule has 0 unspecified atom stereocenters. The maximum absolute atomic E-state index is 11.7. The quantitative estimate of drug-likeness (QED) is 0.567. The predicted molar refractivity (Wildman–Crippen MR) is 101 cm³/mol. The highest BCUT2D eigenvalue weighted by Crippen LogP contribution is 2.16. The van der Waals surface area contributed by atoms with Crippen LogP contribution in [0.25, 0.3) is 0 Å². The van der Waals surface area contributed by atoms with Crippen molar-refractivity contribution in [1.29, 1.82) is 0 Å². The maximum Gasteiger partial charge on any atom is 0.250 e. The summed E-state index contributed by atoms with van der Waals surface area (Å²) in [5.41, 5.74) is 4.51. The molecule has 0 bridgehead atoms. The zero-order chi connectivity index (χ0) is 17.2. The Kier molecular flexibility index (Phi) is 7.65. The van der Waals surface area contributed by atoms with Gasteiger partial charge in [-0.15, -0.1) is 11.8 Å². The number of carbonyl (C=O) groups is 1. The molecule has 6 heteroatoms. The summed E-state index contributed by atoms with van der Waals surface area (Å²) in [5, 5.41) is 4.66. The topological polar surface area (TPSA) is 50.7 Å². The average molecular weight is 363 g/mol. The van der Waals surface area contributed by atoms with Gasteiger partial charge in [-0.1, -0.05) is 23.7 Å². The molecule has 0 spiro atoms. The molecule has 0 atom stereocenters. The highest BCUT2D eigenvalue weighted by molar-refractivity contribution is 7.99. The van der Waals surface area contributed by atoms with E-state index in [1.54, 1.807) is 6.21 Å². The predicted octanol–water partition coefficient (Wildman–Crippen LogP) is 4.12. The van der Waals surface area contributed by atoms with Gasteiger partial charge < -0.3 is 4.74 Å². The van der Waals surface area contributed by atoms with Crippen LogP contribution in [0.15, 0.2) is 53.6 Å². The van der Waals surface area contributed by atoms with Crippen molar-refractivity contribution < 1.29 is 9.53 Å². The van der Waals surface area contributed by atoms with Crippen LogP contribution in [0.1, 0.15) is 18.1 Å². The summed E-state index contributed by atoms with van der Waals surface area (Å²) in [7, 11) is 0. The summed E-state index contributed by atoms with van der Waals surface area (Å²) in [6.07, 6.45) is 1.61. The van der Waals surface area contributed by atoms with E-state index in [0.717, 1.165) is 22.6 Å². The Morgan fingerprint density at radius 3 is 2.79 bits per heavy atom. The molecular weight excluding hydrogens is 344 g/mol. The molecule has 126 valence electrons. The third kappa shape index (κ3) is 6.64. The molecule has 1 amide bonds. The van der Waals surface area contributed by atoms with Crippen LogP contribution < -0.4 is 10.2 Å². The van der Waals surface area contributed by atoms with Crippen LogP contribution in [-0.2, 0) is 10.5 Å². The van der Waals surface area contributed by atoms with Gasteiger partial charge in [0.2, 0.25) is 5.91 Å². The largest absolute Gasteiger partial charge is 0.494 e. The molecule has 0 saturated carbocycles. The molecular formula is C18H19ClN2O2S. The van der Waals surface area contributed by atoms with Crippen molar-refractivity contribution in [3.05, 3.63) is 64.7 Å². The molecule has 24 heavy (non-hydrogen) atoms. The molecule has 0 radical (unpaired) electrons. The standard InChI is InChI=1S/C18H19ClN2O2S/c1-2-23-17-8-6-14(7-9-17)11-20-21-18(22)13-24-12-15-4-3-5-16(19)10-15/h3-11H,2,12-13H2,1H3,(H,21,22)/b20-11-. The summed E-state index contributed by atoms with van der Waals surface area (Å²) < 4.78 is 5.37. The number of hydrogen-bond acceptors (Lipinski definition) is 4. The van der Waals surface area contributed by atoms with Crippen molar-refractivity contribution in [3.63, 3.8) is 0 Å². The van der Waals surface area contributed by atoms with E-state index in [-0.39, 0.29) is 5.91 Å². The van der Waals surface area contributed by atoms with Crippen LogP contribution in [0.3, 0.4) is 0 Å². The molecule has 0 aliphatic rings. The Morgan fingerprint density at radius 1 is 1.29 bits per heavy atom. The maximum atomic E-state index is 11.7. The lowest BCUT2D eigenvalue weighted by molar-refractivity contribution is -0.118. The summed E-state index contributed by atoms with van der Waals surface area (Å²) in [5.74, 6) is 1.75. The van der Waals surface area contributed by atoms with Crippen LogP contribution in [-0.4, -0.2) is 24.5 Å². The second-order valence-electron chi connectivity index (χ2n) is 4.92. The third-order valence-corrected chi connectivity index (χ3v) is 4.22. The Morgan fingerprint density at radius 2 is 2.08 bits per heavy atom. The molecule has 0 aliphatic heterocycles. The lowest BCUT2D eigenvalue weighted by atomic mass is 10.2. The van der Waals surface area contributed by atoms with E-state index in [1.807, 2.05) is 55.5 Å². The average Bonchev–Trinajstić information content (AvgIpc) is 2.57. The minimum Gasteiger partial charge on any atom is -0.494 e. The van der Waals surface area contributed by atoms with Crippen molar-refractivity contribution in [2.24, 2.45) is 5.10 Å². The van der Waals surface area contributed by atoms with Crippen LogP contribution >= 0.6 is 23.4 Å². The molecule has 0 heterocycles. The Bertz CT molecular complexity index is 690. The molecule has 0 fully saturated rings. The second-order valence-corrected chi connectivity index (χ2v) is 6.34. The number of thioether (sulfide) groups is 1. The van der Waals surface area contributed by atoms with E-state index in [2.05, 4.69) is 10.5 Å². The van der Waals surface area contributed by atoms with E-state index in [0.29, 0.717) is 17.4 Å². The van der Waals surface area contributed by atoms with Gasteiger partial charge in [0.05, 0.1) is 18.6 Å². The van der Waals surface area contributed by atoms with Gasteiger partial charge in [0.1, 0.15) is 5.75 Å². The van der Waals surface area contributed by atoms with Crippen molar-refractivity contribution in [1.82, 2.24) is 5.43 Å². The number of amides is 1. The monoisotopic (exact) mass is 362 g/mol. The van der Waals surface area contributed by atoms with E-state index in [1.165, 1.54) is 11.8 Å². The van der Waals surface area contributed by atoms with Crippen molar-refractivity contribution >= 4 is 35.5 Å². The number of hydrogen-bond donors (Lipinski definition) is 1. The van der Waals surface area contributed by atoms with Gasteiger partial charge in [0.25, 0.3) is 0 Å². The zero-order valence-electron chi connectivity index (χ0n) is 13.4. The van der Waals surface area contributed by atoms with Crippen LogP contribution in [0.5, 0.6) is 5.75 Å². The lowest BCUT2D eigenvalue weighted by Crippen LogP contribution is -2.19. The summed E-state index contributed by atoms with van der Waals surface area (Å²) in [6.45, 7) is 2.58. The first kappa shape index (κ1) is 18.4. The Hall–Kier alpha value is -1.98. The van der Waals surface area contributed by atoms with Crippen molar-refractivity contribution in [2.75, 3.05) is 12.4 Å².